The molecular formula is C21H23ClO2. The highest BCUT2D eigenvalue weighted by molar-refractivity contribution is 6.30. The number of aryl methyl sites for hydroxylation is 2. The van der Waals surface area contributed by atoms with E-state index in [9.17, 15) is 4.79 Å². The van der Waals surface area contributed by atoms with Gasteiger partial charge in [-0.25, -0.2) is 4.79 Å². The van der Waals surface area contributed by atoms with Gasteiger partial charge in [0, 0.05) is 10.4 Å². The number of hydrogen-bond donors (Lipinski definition) is 0. The van der Waals surface area contributed by atoms with E-state index < -0.39 is 0 Å². The predicted molar refractivity (Wildman–Crippen MR) is 97.8 cm³/mol. The molecule has 1 fully saturated rings. The van der Waals surface area contributed by atoms with E-state index in [1.807, 2.05) is 44.2 Å². The number of rotatable bonds is 4. The predicted octanol–water partition coefficient (Wildman–Crippen LogP) is 5.63. The largest absolute Gasteiger partial charge is 0.461 e. The van der Waals surface area contributed by atoms with Gasteiger partial charge >= 0.3 is 5.97 Å². The highest BCUT2D eigenvalue weighted by atomic mass is 35.5. The molecule has 126 valence electrons. The number of halogens is 1. The van der Waals surface area contributed by atoms with E-state index in [1.54, 1.807) is 0 Å². The number of carbonyl (C=O) groups is 1. The normalized spacial score (nSPS) is 16.1. The zero-order valence-corrected chi connectivity index (χ0v) is 15.0. The Morgan fingerprint density at radius 1 is 1.04 bits per heavy atom. The Morgan fingerprint density at radius 2 is 1.71 bits per heavy atom. The van der Waals surface area contributed by atoms with Crippen LogP contribution in [0.4, 0.5) is 0 Å². The fraction of sp³-hybridized carbons (Fsp3) is 0.381. The van der Waals surface area contributed by atoms with Gasteiger partial charge in [0.05, 0.1) is 5.56 Å². The van der Waals surface area contributed by atoms with Crippen molar-refractivity contribution in [3.8, 4) is 0 Å². The maximum absolute atomic E-state index is 12.4. The molecule has 2 nitrogen and oxygen atoms in total. The summed E-state index contributed by atoms with van der Waals surface area (Å²) in [4.78, 5) is 12.4. The number of esters is 1. The van der Waals surface area contributed by atoms with Gasteiger partial charge in [0.1, 0.15) is 6.61 Å². The lowest BCUT2D eigenvalue weighted by Gasteiger charge is -2.29. The van der Waals surface area contributed by atoms with Crippen molar-refractivity contribution in [2.75, 3.05) is 6.61 Å². The van der Waals surface area contributed by atoms with Crippen molar-refractivity contribution in [3.63, 3.8) is 0 Å². The molecule has 0 heterocycles. The summed E-state index contributed by atoms with van der Waals surface area (Å²) in [7, 11) is 0. The number of ether oxygens (including phenoxy) is 1. The smallest absolute Gasteiger partial charge is 0.338 e. The van der Waals surface area contributed by atoms with Crippen molar-refractivity contribution >= 4 is 17.6 Å². The molecule has 0 aromatic heterocycles. The summed E-state index contributed by atoms with van der Waals surface area (Å²) in [6.45, 7) is 4.48. The molecule has 0 bridgehead atoms. The molecule has 3 rings (SSSR count). The molecule has 24 heavy (non-hydrogen) atoms. The SMILES string of the molecule is Cc1ccc(C(=O)OCC2(c3ccc(Cl)cc3)CCCC2)cc1C. The van der Waals surface area contributed by atoms with Crippen LogP contribution in [0.25, 0.3) is 0 Å². The lowest BCUT2D eigenvalue weighted by molar-refractivity contribution is 0.0402. The first-order chi connectivity index (χ1) is 11.5. The molecule has 3 heteroatoms. The third kappa shape index (κ3) is 3.49. The molecule has 0 spiro atoms. The number of benzene rings is 2. The summed E-state index contributed by atoms with van der Waals surface area (Å²) >= 11 is 6.01. The quantitative estimate of drug-likeness (QED) is 0.673. The van der Waals surface area contributed by atoms with Crippen molar-refractivity contribution in [1.82, 2.24) is 0 Å². The monoisotopic (exact) mass is 342 g/mol. The van der Waals surface area contributed by atoms with Gasteiger partial charge in [-0.3, -0.25) is 0 Å². The first kappa shape index (κ1) is 17.0. The molecule has 0 N–H and O–H groups in total. The Morgan fingerprint density at radius 3 is 2.33 bits per heavy atom. The van der Waals surface area contributed by atoms with E-state index in [-0.39, 0.29) is 11.4 Å². The second kappa shape index (κ2) is 6.98. The van der Waals surface area contributed by atoms with Crippen molar-refractivity contribution in [1.29, 1.82) is 0 Å². The van der Waals surface area contributed by atoms with Gasteiger partial charge < -0.3 is 4.74 Å². The molecule has 0 amide bonds. The third-order valence-electron chi connectivity index (χ3n) is 5.24. The second-order valence-electron chi connectivity index (χ2n) is 6.87. The van der Waals surface area contributed by atoms with Gasteiger partial charge in [0.25, 0.3) is 0 Å². The molecule has 0 radical (unpaired) electrons. The summed E-state index contributed by atoms with van der Waals surface area (Å²) in [6.07, 6.45) is 4.44. The van der Waals surface area contributed by atoms with Gasteiger partial charge in [-0.2, -0.15) is 0 Å². The Balaban J connectivity index is 1.75. The standard InChI is InChI=1S/C21H23ClO2/c1-15-5-6-17(13-16(15)2)20(23)24-14-21(11-3-4-12-21)18-7-9-19(22)10-8-18/h5-10,13H,3-4,11-12,14H2,1-2H3. The summed E-state index contributed by atoms with van der Waals surface area (Å²) < 4.78 is 5.72. The van der Waals surface area contributed by atoms with Crippen molar-refractivity contribution in [2.24, 2.45) is 0 Å². The first-order valence-electron chi connectivity index (χ1n) is 8.51. The molecule has 1 aliphatic carbocycles. The van der Waals surface area contributed by atoms with E-state index in [0.29, 0.717) is 12.2 Å². The minimum absolute atomic E-state index is 0.0695. The van der Waals surface area contributed by atoms with Crippen molar-refractivity contribution in [3.05, 3.63) is 69.7 Å². The number of hydrogen-bond acceptors (Lipinski definition) is 2. The summed E-state index contributed by atoms with van der Waals surface area (Å²) in [5.74, 6) is -0.238. The zero-order valence-electron chi connectivity index (χ0n) is 14.3. The first-order valence-corrected chi connectivity index (χ1v) is 8.88. The van der Waals surface area contributed by atoms with Crippen molar-refractivity contribution in [2.45, 2.75) is 44.9 Å². The maximum Gasteiger partial charge on any atom is 0.338 e. The Labute approximate surface area is 148 Å². The van der Waals surface area contributed by atoms with Crippen molar-refractivity contribution < 1.29 is 9.53 Å². The zero-order chi connectivity index (χ0) is 17.2. The van der Waals surface area contributed by atoms with Crippen LogP contribution in [-0.4, -0.2) is 12.6 Å². The minimum atomic E-state index is -0.238. The molecule has 2 aromatic rings. The Bertz CT molecular complexity index is 728. The molecule has 0 atom stereocenters. The molecule has 1 saturated carbocycles. The molecule has 0 aliphatic heterocycles. The van der Waals surface area contributed by atoms with Crippen LogP contribution in [0.15, 0.2) is 42.5 Å². The van der Waals surface area contributed by atoms with E-state index in [0.717, 1.165) is 23.4 Å². The second-order valence-corrected chi connectivity index (χ2v) is 7.31. The average Bonchev–Trinajstić information content (AvgIpc) is 3.06. The fourth-order valence-electron chi connectivity index (χ4n) is 3.53. The van der Waals surface area contributed by atoms with Crippen LogP contribution in [0.1, 0.15) is 52.7 Å². The third-order valence-corrected chi connectivity index (χ3v) is 5.49. The molecule has 0 unspecified atom stereocenters. The van der Waals surface area contributed by atoms with Gasteiger partial charge in [-0.15, -0.1) is 0 Å². The molecule has 1 aliphatic rings. The van der Waals surface area contributed by atoms with Crippen LogP contribution in [0.2, 0.25) is 5.02 Å². The maximum atomic E-state index is 12.4. The van der Waals surface area contributed by atoms with Crippen LogP contribution >= 0.6 is 11.6 Å². The minimum Gasteiger partial charge on any atom is -0.461 e. The highest BCUT2D eigenvalue weighted by Gasteiger charge is 2.37. The van der Waals surface area contributed by atoms with Gasteiger partial charge in [-0.05, 0) is 67.6 Å². The van der Waals surface area contributed by atoms with E-state index in [1.165, 1.54) is 24.0 Å². The van der Waals surface area contributed by atoms with Crippen LogP contribution in [0.3, 0.4) is 0 Å². The van der Waals surface area contributed by atoms with E-state index in [4.69, 9.17) is 16.3 Å². The van der Waals surface area contributed by atoms with Crippen LogP contribution < -0.4 is 0 Å². The summed E-state index contributed by atoms with van der Waals surface area (Å²) in [5, 5.41) is 0.735. The van der Waals surface area contributed by atoms with Crippen LogP contribution in [-0.2, 0) is 10.2 Å². The van der Waals surface area contributed by atoms with E-state index >= 15 is 0 Å². The lowest BCUT2D eigenvalue weighted by atomic mass is 9.80. The lowest BCUT2D eigenvalue weighted by Crippen LogP contribution is -2.30. The van der Waals surface area contributed by atoms with E-state index in [2.05, 4.69) is 12.1 Å². The molecule has 0 saturated heterocycles. The van der Waals surface area contributed by atoms with Gasteiger partial charge in [0.15, 0.2) is 0 Å². The number of carbonyl (C=O) groups excluding carboxylic acids is 1. The van der Waals surface area contributed by atoms with Crippen LogP contribution in [0, 0.1) is 13.8 Å². The van der Waals surface area contributed by atoms with Gasteiger partial charge in [-0.1, -0.05) is 42.6 Å². The summed E-state index contributed by atoms with van der Waals surface area (Å²) in [5.41, 5.74) is 4.07. The Kier molecular flexibility index (Phi) is 4.96. The van der Waals surface area contributed by atoms with Gasteiger partial charge in [0.2, 0.25) is 0 Å². The topological polar surface area (TPSA) is 26.3 Å². The molecule has 2 aromatic carbocycles. The Hall–Kier alpha value is -1.80. The average molecular weight is 343 g/mol. The highest BCUT2D eigenvalue weighted by Crippen LogP contribution is 2.41. The summed E-state index contributed by atoms with van der Waals surface area (Å²) in [6, 6.07) is 13.7. The molecular weight excluding hydrogens is 320 g/mol. The fourth-order valence-corrected chi connectivity index (χ4v) is 3.65. The van der Waals surface area contributed by atoms with Crippen LogP contribution in [0.5, 0.6) is 0 Å².